The maximum Gasteiger partial charge on any atom is 0.410 e. The molecule has 1 saturated carbocycles. The molecule has 1 amide bonds. The summed E-state index contributed by atoms with van der Waals surface area (Å²) in [6.07, 6.45) is 2.51. The van der Waals surface area contributed by atoms with Crippen LogP contribution in [0.4, 0.5) is 4.79 Å². The van der Waals surface area contributed by atoms with Gasteiger partial charge in [0.05, 0.1) is 12.6 Å². The van der Waals surface area contributed by atoms with E-state index in [-0.39, 0.29) is 17.6 Å². The molecule has 0 bridgehead atoms. The number of amides is 1. The minimum absolute atomic E-state index is 0.0359. The Labute approximate surface area is 113 Å². The Bertz CT molecular complexity index is 456. The van der Waals surface area contributed by atoms with Crippen molar-refractivity contribution in [2.24, 2.45) is 5.41 Å². The monoisotopic (exact) mass is 261 g/mol. The second-order valence-electron chi connectivity index (χ2n) is 5.65. The highest BCUT2D eigenvalue weighted by Crippen LogP contribution is 2.48. The summed E-state index contributed by atoms with van der Waals surface area (Å²) < 4.78 is 5.30. The first-order chi connectivity index (χ1) is 9.20. The van der Waals surface area contributed by atoms with E-state index in [2.05, 4.69) is 0 Å². The van der Waals surface area contributed by atoms with E-state index in [4.69, 9.17) is 4.74 Å². The maximum absolute atomic E-state index is 12.0. The first-order valence-electron chi connectivity index (χ1n) is 6.83. The number of rotatable bonds is 2. The fourth-order valence-corrected chi connectivity index (χ4v) is 3.02. The third-order valence-electron chi connectivity index (χ3n) is 4.42. The molecule has 1 aliphatic carbocycles. The summed E-state index contributed by atoms with van der Waals surface area (Å²) in [7, 11) is 0. The standard InChI is InChI=1S/C15H19NO3/c17-13-9-16(11-15(13)7-4-8-15)14(18)19-10-12-5-2-1-3-6-12/h1-3,5-6,13,17H,4,7-11H2. The minimum atomic E-state index is -0.384. The number of aliphatic hydroxyl groups excluding tert-OH is 1. The first-order valence-corrected chi connectivity index (χ1v) is 6.83. The summed E-state index contributed by atoms with van der Waals surface area (Å²) in [5, 5.41) is 10.1. The zero-order valence-corrected chi connectivity index (χ0v) is 10.9. The van der Waals surface area contributed by atoms with Crippen molar-refractivity contribution in [3.8, 4) is 0 Å². The predicted molar refractivity (Wildman–Crippen MR) is 70.5 cm³/mol. The van der Waals surface area contributed by atoms with Gasteiger partial charge >= 0.3 is 6.09 Å². The molecule has 1 N–H and O–H groups in total. The largest absolute Gasteiger partial charge is 0.445 e. The molecule has 1 aromatic rings. The molecule has 2 aliphatic rings. The van der Waals surface area contributed by atoms with Crippen LogP contribution in [0, 0.1) is 5.41 Å². The van der Waals surface area contributed by atoms with Crippen LogP contribution in [0.25, 0.3) is 0 Å². The Balaban J connectivity index is 1.54. The van der Waals surface area contributed by atoms with Crippen molar-refractivity contribution < 1.29 is 14.6 Å². The Kier molecular flexibility index (Phi) is 3.19. The van der Waals surface area contributed by atoms with E-state index < -0.39 is 0 Å². The maximum atomic E-state index is 12.0. The molecule has 0 radical (unpaired) electrons. The van der Waals surface area contributed by atoms with E-state index in [0.717, 1.165) is 24.8 Å². The number of benzene rings is 1. The molecule has 1 heterocycles. The molecular formula is C15H19NO3. The van der Waals surface area contributed by atoms with Crippen LogP contribution >= 0.6 is 0 Å². The average Bonchev–Trinajstić information content (AvgIpc) is 2.75. The summed E-state index contributed by atoms with van der Waals surface area (Å²) in [5.74, 6) is 0. The number of β-amino-alcohol motifs (C(OH)–C–C–N with tert-alkyl or cyclic N) is 1. The molecule has 1 aliphatic heterocycles. The molecule has 0 aromatic heterocycles. The summed E-state index contributed by atoms with van der Waals surface area (Å²) in [4.78, 5) is 13.6. The third-order valence-corrected chi connectivity index (χ3v) is 4.42. The summed E-state index contributed by atoms with van der Waals surface area (Å²) in [6, 6.07) is 9.64. The molecule has 4 heteroatoms. The summed E-state index contributed by atoms with van der Waals surface area (Å²) in [6.45, 7) is 1.34. The molecule has 1 saturated heterocycles. The number of carbonyl (C=O) groups excluding carboxylic acids is 1. The van der Waals surface area contributed by atoms with Crippen molar-refractivity contribution in [3.05, 3.63) is 35.9 Å². The summed E-state index contributed by atoms with van der Waals surface area (Å²) >= 11 is 0. The molecular weight excluding hydrogens is 242 g/mol. The number of ether oxygens (including phenoxy) is 1. The zero-order chi connectivity index (χ0) is 13.3. The minimum Gasteiger partial charge on any atom is -0.445 e. The van der Waals surface area contributed by atoms with Crippen LogP contribution in [-0.2, 0) is 11.3 Å². The average molecular weight is 261 g/mol. The lowest BCUT2D eigenvalue weighted by atomic mass is 9.67. The lowest BCUT2D eigenvalue weighted by Crippen LogP contribution is -2.40. The smallest absolute Gasteiger partial charge is 0.410 e. The van der Waals surface area contributed by atoms with E-state index in [1.165, 1.54) is 0 Å². The predicted octanol–water partition coefficient (Wildman–Crippen LogP) is 2.17. The highest BCUT2D eigenvalue weighted by Gasteiger charge is 2.51. The molecule has 1 aromatic carbocycles. The van der Waals surface area contributed by atoms with Gasteiger partial charge in [0.15, 0.2) is 0 Å². The molecule has 19 heavy (non-hydrogen) atoms. The Hall–Kier alpha value is -1.55. The van der Waals surface area contributed by atoms with Gasteiger partial charge in [0.2, 0.25) is 0 Å². The van der Waals surface area contributed by atoms with Gasteiger partial charge in [0.25, 0.3) is 0 Å². The van der Waals surface area contributed by atoms with Gasteiger partial charge in [-0.05, 0) is 18.4 Å². The van der Waals surface area contributed by atoms with Gasteiger partial charge in [-0.3, -0.25) is 0 Å². The SMILES string of the molecule is O=C(OCc1ccccc1)N1CC(O)C2(CCC2)C1. The first kappa shape index (κ1) is 12.5. The van der Waals surface area contributed by atoms with Gasteiger partial charge in [-0.25, -0.2) is 4.79 Å². The van der Waals surface area contributed by atoms with Gasteiger partial charge < -0.3 is 14.7 Å². The van der Waals surface area contributed by atoms with E-state index in [1.807, 2.05) is 30.3 Å². The lowest BCUT2D eigenvalue weighted by molar-refractivity contribution is 0.00747. The van der Waals surface area contributed by atoms with E-state index in [0.29, 0.717) is 19.7 Å². The molecule has 4 nitrogen and oxygen atoms in total. The number of nitrogens with zero attached hydrogens (tertiary/aromatic N) is 1. The van der Waals surface area contributed by atoms with E-state index in [9.17, 15) is 9.90 Å². The highest BCUT2D eigenvalue weighted by molar-refractivity contribution is 5.68. The van der Waals surface area contributed by atoms with Gasteiger partial charge in [-0.2, -0.15) is 0 Å². The normalized spacial score (nSPS) is 24.3. The van der Waals surface area contributed by atoms with Crippen molar-refractivity contribution >= 4 is 6.09 Å². The number of hydrogen-bond donors (Lipinski definition) is 1. The molecule has 1 spiro atoms. The molecule has 1 unspecified atom stereocenters. The van der Waals surface area contributed by atoms with Crippen LogP contribution in [0.3, 0.4) is 0 Å². The van der Waals surface area contributed by atoms with Crippen molar-refractivity contribution in [1.29, 1.82) is 0 Å². The van der Waals surface area contributed by atoms with Crippen LogP contribution in [0.15, 0.2) is 30.3 Å². The Morgan fingerprint density at radius 3 is 2.68 bits per heavy atom. The molecule has 2 fully saturated rings. The van der Waals surface area contributed by atoms with Crippen LogP contribution < -0.4 is 0 Å². The Morgan fingerprint density at radius 1 is 1.37 bits per heavy atom. The molecule has 102 valence electrons. The van der Waals surface area contributed by atoms with Crippen LogP contribution in [0.2, 0.25) is 0 Å². The third kappa shape index (κ3) is 2.32. The second kappa shape index (κ2) is 4.85. The number of carbonyl (C=O) groups is 1. The van der Waals surface area contributed by atoms with E-state index in [1.54, 1.807) is 4.90 Å². The molecule has 1 atom stereocenters. The second-order valence-corrected chi connectivity index (χ2v) is 5.65. The fraction of sp³-hybridized carbons (Fsp3) is 0.533. The Morgan fingerprint density at radius 2 is 2.11 bits per heavy atom. The van der Waals surface area contributed by atoms with Gasteiger partial charge in [0, 0.05) is 12.0 Å². The van der Waals surface area contributed by atoms with Crippen LogP contribution in [0.5, 0.6) is 0 Å². The van der Waals surface area contributed by atoms with Gasteiger partial charge in [-0.15, -0.1) is 0 Å². The lowest BCUT2D eigenvalue weighted by Gasteiger charge is -2.40. The summed E-state index contributed by atoms with van der Waals surface area (Å²) in [5.41, 5.74) is 0.945. The van der Waals surface area contributed by atoms with Crippen molar-refractivity contribution in [2.45, 2.75) is 32.0 Å². The highest BCUT2D eigenvalue weighted by atomic mass is 16.6. The number of likely N-dealkylation sites (tertiary alicyclic amines) is 1. The topological polar surface area (TPSA) is 49.8 Å². The fourth-order valence-electron chi connectivity index (χ4n) is 3.02. The van der Waals surface area contributed by atoms with Gasteiger partial charge in [-0.1, -0.05) is 36.8 Å². The van der Waals surface area contributed by atoms with Gasteiger partial charge in [0.1, 0.15) is 6.61 Å². The van der Waals surface area contributed by atoms with Crippen molar-refractivity contribution in [1.82, 2.24) is 4.90 Å². The number of hydrogen-bond acceptors (Lipinski definition) is 3. The van der Waals surface area contributed by atoms with Crippen LogP contribution in [-0.4, -0.2) is 35.3 Å². The molecule has 3 rings (SSSR count). The van der Waals surface area contributed by atoms with Crippen LogP contribution in [0.1, 0.15) is 24.8 Å². The zero-order valence-electron chi connectivity index (χ0n) is 10.9. The quantitative estimate of drug-likeness (QED) is 0.887. The number of aliphatic hydroxyl groups is 1. The van der Waals surface area contributed by atoms with Crippen molar-refractivity contribution in [3.63, 3.8) is 0 Å². The van der Waals surface area contributed by atoms with Crippen molar-refractivity contribution in [2.75, 3.05) is 13.1 Å². The van der Waals surface area contributed by atoms with E-state index >= 15 is 0 Å².